The summed E-state index contributed by atoms with van der Waals surface area (Å²) in [6.45, 7) is 1.74. The number of hydrogen-bond acceptors (Lipinski definition) is 5. The van der Waals surface area contributed by atoms with Crippen LogP contribution in [0, 0.1) is 35.3 Å². The number of rotatable bonds is 8. The Bertz CT molecular complexity index is 1320. The molecule has 1 saturated heterocycles. The van der Waals surface area contributed by atoms with Crippen molar-refractivity contribution in [3.05, 3.63) is 71.4 Å². The van der Waals surface area contributed by atoms with Gasteiger partial charge in [-0.2, -0.15) is 0 Å². The molecular weight excluding hydrogens is 478 g/mol. The number of piperidine rings is 1. The highest BCUT2D eigenvalue weighted by Crippen LogP contribution is 2.34. The minimum Gasteiger partial charge on any atom is -0.497 e. The third-order valence-electron chi connectivity index (χ3n) is 7.02. The standard InChI is InChI=1S/C29H30F2N2O4/c1-37-22-6-8-27-24(17-22)23(10-12-32-27)28(34)9-5-20-11-14-33(18-21(20)16-29(35)36)13-2-3-19-4-7-25(30)26(31)15-19/h4,6-8,10,12,15,17,20-21,28,34H,5,9,11,13-14,16,18H2,1H3,(H,35,36)/t20-,21+,28+/m1/s1. The summed E-state index contributed by atoms with van der Waals surface area (Å²) in [4.78, 5) is 18.0. The number of halogens is 2. The molecule has 0 amide bonds. The second-order valence-corrected chi connectivity index (χ2v) is 9.45. The number of hydrogen-bond donors (Lipinski definition) is 2. The number of nitrogens with zero attached hydrogens (tertiary/aromatic N) is 2. The molecule has 2 aromatic carbocycles. The van der Waals surface area contributed by atoms with Gasteiger partial charge in [0.15, 0.2) is 11.6 Å². The van der Waals surface area contributed by atoms with Gasteiger partial charge in [0.05, 0.1) is 25.3 Å². The summed E-state index contributed by atoms with van der Waals surface area (Å²) in [5.41, 5.74) is 1.95. The molecule has 1 aliphatic rings. The Labute approximate surface area is 214 Å². The highest BCUT2D eigenvalue weighted by Gasteiger charge is 2.31. The Morgan fingerprint density at radius 3 is 2.78 bits per heavy atom. The van der Waals surface area contributed by atoms with Crippen LogP contribution in [-0.2, 0) is 4.79 Å². The highest BCUT2D eigenvalue weighted by molar-refractivity contribution is 5.83. The molecule has 0 bridgehead atoms. The van der Waals surface area contributed by atoms with Crippen LogP contribution in [0.15, 0.2) is 48.7 Å². The molecule has 1 aromatic heterocycles. The van der Waals surface area contributed by atoms with Crippen LogP contribution in [0.2, 0.25) is 0 Å². The Balaban J connectivity index is 1.39. The van der Waals surface area contributed by atoms with Crippen LogP contribution in [-0.4, -0.2) is 52.8 Å². The van der Waals surface area contributed by atoms with Crippen molar-refractivity contribution in [3.8, 4) is 17.6 Å². The van der Waals surface area contributed by atoms with Gasteiger partial charge >= 0.3 is 5.97 Å². The molecule has 37 heavy (non-hydrogen) atoms. The first kappa shape index (κ1) is 26.5. The Morgan fingerprint density at radius 2 is 2.03 bits per heavy atom. The van der Waals surface area contributed by atoms with Gasteiger partial charge in [-0.25, -0.2) is 8.78 Å². The van der Waals surface area contributed by atoms with E-state index in [4.69, 9.17) is 4.74 Å². The van der Waals surface area contributed by atoms with E-state index in [-0.39, 0.29) is 18.3 Å². The number of aromatic nitrogens is 1. The van der Waals surface area contributed by atoms with Crippen LogP contribution in [0.3, 0.4) is 0 Å². The minimum atomic E-state index is -0.935. The number of fused-ring (bicyclic) bond motifs is 1. The lowest BCUT2D eigenvalue weighted by Gasteiger charge is -2.37. The zero-order chi connectivity index (χ0) is 26.4. The predicted octanol–water partition coefficient (Wildman–Crippen LogP) is 4.80. The molecule has 1 fully saturated rings. The van der Waals surface area contributed by atoms with Crippen LogP contribution < -0.4 is 4.74 Å². The lowest BCUT2D eigenvalue weighted by molar-refractivity contribution is -0.139. The molecule has 1 aliphatic heterocycles. The van der Waals surface area contributed by atoms with E-state index < -0.39 is 23.7 Å². The molecule has 4 rings (SSSR count). The second-order valence-electron chi connectivity index (χ2n) is 9.45. The van der Waals surface area contributed by atoms with E-state index in [1.165, 1.54) is 6.07 Å². The third-order valence-corrected chi connectivity index (χ3v) is 7.02. The van der Waals surface area contributed by atoms with Gasteiger partial charge in [0.2, 0.25) is 0 Å². The molecule has 0 spiro atoms. The molecule has 3 atom stereocenters. The van der Waals surface area contributed by atoms with Crippen LogP contribution in [0.5, 0.6) is 5.75 Å². The number of carbonyl (C=O) groups is 1. The van der Waals surface area contributed by atoms with E-state index >= 15 is 0 Å². The number of methoxy groups -OCH3 is 1. The zero-order valence-electron chi connectivity index (χ0n) is 20.7. The van der Waals surface area contributed by atoms with E-state index in [1.807, 2.05) is 24.3 Å². The van der Waals surface area contributed by atoms with Crippen LogP contribution in [0.25, 0.3) is 10.9 Å². The smallest absolute Gasteiger partial charge is 0.303 e. The normalized spacial score (nSPS) is 18.7. The van der Waals surface area contributed by atoms with E-state index in [9.17, 15) is 23.8 Å². The maximum Gasteiger partial charge on any atom is 0.303 e. The number of carboxylic acid groups (broad SMARTS) is 1. The lowest BCUT2D eigenvalue weighted by Crippen LogP contribution is -2.41. The zero-order valence-corrected chi connectivity index (χ0v) is 20.7. The summed E-state index contributed by atoms with van der Waals surface area (Å²) in [5.74, 6) is 3.91. The Hall–Kier alpha value is -3.54. The largest absolute Gasteiger partial charge is 0.497 e. The van der Waals surface area contributed by atoms with E-state index in [0.717, 1.165) is 41.6 Å². The summed E-state index contributed by atoms with van der Waals surface area (Å²) >= 11 is 0. The van der Waals surface area contributed by atoms with E-state index in [2.05, 4.69) is 21.7 Å². The van der Waals surface area contributed by atoms with E-state index in [0.29, 0.717) is 37.2 Å². The Kier molecular flexibility index (Phi) is 8.70. The number of pyridine rings is 1. The molecule has 0 aliphatic carbocycles. The molecule has 2 N–H and O–H groups in total. The van der Waals surface area contributed by atoms with Gasteiger partial charge in [-0.1, -0.05) is 11.8 Å². The second kappa shape index (κ2) is 12.1. The fourth-order valence-corrected chi connectivity index (χ4v) is 5.05. The predicted molar refractivity (Wildman–Crippen MR) is 136 cm³/mol. The maximum atomic E-state index is 13.4. The number of aliphatic hydroxyl groups is 1. The molecule has 6 nitrogen and oxygen atoms in total. The van der Waals surface area contributed by atoms with Crippen LogP contribution in [0.4, 0.5) is 8.78 Å². The number of ether oxygens (including phenoxy) is 1. The number of benzene rings is 2. The number of carboxylic acids is 1. The van der Waals surface area contributed by atoms with Crippen molar-refractivity contribution >= 4 is 16.9 Å². The summed E-state index contributed by atoms with van der Waals surface area (Å²) in [5, 5.41) is 21.4. The van der Waals surface area contributed by atoms with Crippen LogP contribution in [0.1, 0.15) is 42.9 Å². The first-order valence-corrected chi connectivity index (χ1v) is 12.3. The lowest BCUT2D eigenvalue weighted by atomic mass is 9.79. The fourth-order valence-electron chi connectivity index (χ4n) is 5.05. The van der Waals surface area contributed by atoms with Crippen molar-refractivity contribution in [1.29, 1.82) is 0 Å². The molecule has 0 radical (unpaired) electrons. The SMILES string of the molecule is COc1ccc2nccc([C@@H](O)CC[C@@H]3CCN(CC#Cc4ccc(F)c(F)c4)C[C@@H]3CC(=O)O)c2c1. The molecule has 8 heteroatoms. The van der Waals surface area contributed by atoms with Gasteiger partial charge in [0.1, 0.15) is 5.75 Å². The fraction of sp³-hybridized carbons (Fsp3) is 0.379. The monoisotopic (exact) mass is 508 g/mol. The Morgan fingerprint density at radius 1 is 1.19 bits per heavy atom. The first-order valence-electron chi connectivity index (χ1n) is 12.3. The molecule has 194 valence electrons. The van der Waals surface area contributed by atoms with E-state index in [1.54, 1.807) is 13.3 Å². The minimum absolute atomic E-state index is 0.0449. The van der Waals surface area contributed by atoms with Crippen molar-refractivity contribution in [2.45, 2.75) is 31.8 Å². The van der Waals surface area contributed by atoms with Crippen molar-refractivity contribution in [2.75, 3.05) is 26.7 Å². The average molecular weight is 509 g/mol. The summed E-state index contributed by atoms with van der Waals surface area (Å²) in [6.07, 6.45) is 3.02. The first-order chi connectivity index (χ1) is 17.8. The van der Waals surface area contributed by atoms with Crippen molar-refractivity contribution in [2.24, 2.45) is 11.8 Å². The average Bonchev–Trinajstić information content (AvgIpc) is 2.89. The number of aliphatic hydroxyl groups excluding tert-OH is 1. The van der Waals surface area contributed by atoms with Gasteiger partial charge in [-0.15, -0.1) is 0 Å². The molecule has 0 unspecified atom stereocenters. The topological polar surface area (TPSA) is 82.9 Å². The summed E-state index contributed by atoms with van der Waals surface area (Å²) < 4.78 is 31.8. The summed E-state index contributed by atoms with van der Waals surface area (Å²) in [6, 6.07) is 10.9. The molecule has 0 saturated carbocycles. The third kappa shape index (κ3) is 6.82. The quantitative estimate of drug-likeness (QED) is 0.426. The van der Waals surface area contributed by atoms with Gasteiger partial charge in [0.25, 0.3) is 0 Å². The van der Waals surface area contributed by atoms with Crippen molar-refractivity contribution < 1.29 is 28.5 Å². The highest BCUT2D eigenvalue weighted by atomic mass is 19.2. The molecular formula is C29H30F2N2O4. The number of likely N-dealkylation sites (tertiary alicyclic amines) is 1. The molecule has 2 heterocycles. The maximum absolute atomic E-state index is 13.4. The van der Waals surface area contributed by atoms with Gasteiger partial charge < -0.3 is 14.9 Å². The van der Waals surface area contributed by atoms with Crippen molar-refractivity contribution in [1.82, 2.24) is 9.88 Å². The number of aliphatic carboxylic acids is 1. The summed E-state index contributed by atoms with van der Waals surface area (Å²) in [7, 11) is 1.59. The van der Waals surface area contributed by atoms with Gasteiger partial charge in [0, 0.05) is 30.1 Å². The van der Waals surface area contributed by atoms with Crippen molar-refractivity contribution in [3.63, 3.8) is 0 Å². The van der Waals surface area contributed by atoms with Gasteiger partial charge in [-0.3, -0.25) is 14.7 Å². The van der Waals surface area contributed by atoms with Crippen LogP contribution >= 0.6 is 0 Å². The molecule has 3 aromatic rings. The van der Waals surface area contributed by atoms with Gasteiger partial charge in [-0.05, 0) is 85.7 Å².